The van der Waals surface area contributed by atoms with Gasteiger partial charge in [0.05, 0.1) is 12.0 Å². The molecule has 1 aliphatic heterocycles. The molecule has 1 aliphatic rings. The molecule has 2 heterocycles. The smallest absolute Gasteiger partial charge is 0.270 e. The van der Waals surface area contributed by atoms with Crippen LogP contribution < -0.4 is 5.56 Å². The standard InChI is InChI=1S/C19H21FN4O/c20-17-4-2-1-3-15(17)11-16(12-21)14-5-9-24(10-6-14)13-18-19(25)23-8-7-22-18/h1-4,7-8,14,16H,5-6,9-11,13H2,(H,23,25). The first kappa shape index (κ1) is 17.3. The lowest BCUT2D eigenvalue weighted by atomic mass is 9.81. The predicted octanol–water partition coefficient (Wildman–Crippen LogP) is 2.50. The highest BCUT2D eigenvalue weighted by atomic mass is 19.1. The summed E-state index contributed by atoms with van der Waals surface area (Å²) in [6.45, 7) is 2.15. The minimum absolute atomic E-state index is 0.154. The fourth-order valence-electron chi connectivity index (χ4n) is 3.44. The maximum absolute atomic E-state index is 13.8. The Morgan fingerprint density at radius 2 is 2.12 bits per heavy atom. The van der Waals surface area contributed by atoms with Crippen LogP contribution in [0.15, 0.2) is 41.5 Å². The van der Waals surface area contributed by atoms with Gasteiger partial charge in [-0.25, -0.2) is 4.39 Å². The van der Waals surface area contributed by atoms with Crippen LogP contribution in [0.1, 0.15) is 24.1 Å². The Labute approximate surface area is 146 Å². The maximum Gasteiger partial charge on any atom is 0.270 e. The predicted molar refractivity (Wildman–Crippen MR) is 92.1 cm³/mol. The van der Waals surface area contributed by atoms with Crippen LogP contribution in [-0.4, -0.2) is 28.0 Å². The third kappa shape index (κ3) is 4.31. The van der Waals surface area contributed by atoms with Gasteiger partial charge in [0.25, 0.3) is 5.56 Å². The first-order valence-corrected chi connectivity index (χ1v) is 8.55. The van der Waals surface area contributed by atoms with Crippen molar-refractivity contribution in [2.45, 2.75) is 25.8 Å². The summed E-state index contributed by atoms with van der Waals surface area (Å²) in [6.07, 6.45) is 5.31. The molecule has 25 heavy (non-hydrogen) atoms. The molecule has 1 atom stereocenters. The number of aromatic amines is 1. The van der Waals surface area contributed by atoms with Gasteiger partial charge < -0.3 is 4.98 Å². The summed E-state index contributed by atoms with van der Waals surface area (Å²) in [5.74, 6) is -0.172. The number of nitriles is 1. The maximum atomic E-state index is 13.8. The van der Waals surface area contributed by atoms with E-state index in [4.69, 9.17) is 0 Å². The molecule has 6 heteroatoms. The number of nitrogens with zero attached hydrogens (tertiary/aromatic N) is 3. The number of halogens is 1. The Morgan fingerprint density at radius 3 is 2.80 bits per heavy atom. The summed E-state index contributed by atoms with van der Waals surface area (Å²) in [7, 11) is 0. The molecular weight excluding hydrogens is 319 g/mol. The fraction of sp³-hybridized carbons (Fsp3) is 0.421. The van der Waals surface area contributed by atoms with Crippen LogP contribution >= 0.6 is 0 Å². The summed E-state index contributed by atoms with van der Waals surface area (Å²) in [5, 5.41) is 9.53. The number of aromatic nitrogens is 2. The highest BCUT2D eigenvalue weighted by Gasteiger charge is 2.27. The van der Waals surface area contributed by atoms with E-state index in [0.717, 1.165) is 25.9 Å². The number of benzene rings is 1. The molecule has 0 radical (unpaired) electrons. The largest absolute Gasteiger partial charge is 0.326 e. The molecule has 1 saturated heterocycles. The van der Waals surface area contributed by atoms with E-state index >= 15 is 0 Å². The molecule has 5 nitrogen and oxygen atoms in total. The number of hydrogen-bond acceptors (Lipinski definition) is 4. The molecule has 0 spiro atoms. The molecule has 0 saturated carbocycles. The van der Waals surface area contributed by atoms with Crippen molar-refractivity contribution < 1.29 is 4.39 Å². The second kappa shape index (κ2) is 8.04. The summed E-state index contributed by atoms with van der Waals surface area (Å²) in [4.78, 5) is 20.7. The lowest BCUT2D eigenvalue weighted by molar-refractivity contribution is 0.154. The van der Waals surface area contributed by atoms with Gasteiger partial charge in [-0.3, -0.25) is 14.7 Å². The Hall–Kier alpha value is -2.52. The highest BCUT2D eigenvalue weighted by Crippen LogP contribution is 2.28. The van der Waals surface area contributed by atoms with E-state index in [-0.39, 0.29) is 23.2 Å². The van der Waals surface area contributed by atoms with Gasteiger partial charge in [-0.05, 0) is 49.9 Å². The van der Waals surface area contributed by atoms with E-state index in [9.17, 15) is 14.4 Å². The van der Waals surface area contributed by atoms with E-state index < -0.39 is 0 Å². The summed E-state index contributed by atoms with van der Waals surface area (Å²) < 4.78 is 13.8. The van der Waals surface area contributed by atoms with Gasteiger partial charge in [0, 0.05) is 18.9 Å². The second-order valence-corrected chi connectivity index (χ2v) is 6.51. The van der Waals surface area contributed by atoms with E-state index in [1.807, 2.05) is 0 Å². The van der Waals surface area contributed by atoms with Crippen LogP contribution in [0, 0.1) is 29.0 Å². The average Bonchev–Trinajstić information content (AvgIpc) is 2.64. The third-order valence-corrected chi connectivity index (χ3v) is 4.92. The fourth-order valence-corrected chi connectivity index (χ4v) is 3.44. The molecule has 1 unspecified atom stereocenters. The van der Waals surface area contributed by atoms with Gasteiger partial charge in [0.2, 0.25) is 0 Å². The topological polar surface area (TPSA) is 72.8 Å². The van der Waals surface area contributed by atoms with Crippen LogP contribution in [0.2, 0.25) is 0 Å². The molecule has 1 N–H and O–H groups in total. The molecule has 1 aromatic heterocycles. The lowest BCUT2D eigenvalue weighted by Gasteiger charge is -2.33. The minimum Gasteiger partial charge on any atom is -0.326 e. The van der Waals surface area contributed by atoms with E-state index in [1.165, 1.54) is 12.3 Å². The number of H-pyrrole nitrogens is 1. The van der Waals surface area contributed by atoms with Crippen molar-refractivity contribution in [1.82, 2.24) is 14.9 Å². The third-order valence-electron chi connectivity index (χ3n) is 4.92. The monoisotopic (exact) mass is 340 g/mol. The van der Waals surface area contributed by atoms with Crippen LogP contribution in [0.3, 0.4) is 0 Å². The van der Waals surface area contributed by atoms with Crippen LogP contribution in [-0.2, 0) is 13.0 Å². The van der Waals surface area contributed by atoms with Crippen molar-refractivity contribution in [3.63, 3.8) is 0 Å². The first-order valence-electron chi connectivity index (χ1n) is 8.55. The van der Waals surface area contributed by atoms with E-state index in [0.29, 0.717) is 24.2 Å². The van der Waals surface area contributed by atoms with Gasteiger partial charge in [-0.2, -0.15) is 5.26 Å². The van der Waals surface area contributed by atoms with Crippen LogP contribution in [0.4, 0.5) is 4.39 Å². The Balaban J connectivity index is 1.57. The molecule has 0 bridgehead atoms. The SMILES string of the molecule is N#CC(Cc1ccccc1F)C1CCN(Cc2ncc[nH]c2=O)CC1. The minimum atomic E-state index is -0.241. The van der Waals surface area contributed by atoms with Gasteiger partial charge in [-0.15, -0.1) is 0 Å². The molecule has 1 aromatic carbocycles. The van der Waals surface area contributed by atoms with Crippen molar-refractivity contribution in [1.29, 1.82) is 5.26 Å². The molecule has 2 aromatic rings. The van der Waals surface area contributed by atoms with Crippen LogP contribution in [0.5, 0.6) is 0 Å². The van der Waals surface area contributed by atoms with E-state index in [1.54, 1.807) is 24.4 Å². The summed E-state index contributed by atoms with van der Waals surface area (Å²) >= 11 is 0. The van der Waals surface area contributed by atoms with Gasteiger partial charge in [0.1, 0.15) is 11.5 Å². The van der Waals surface area contributed by atoms with Crippen LogP contribution in [0.25, 0.3) is 0 Å². The van der Waals surface area contributed by atoms with Crippen molar-refractivity contribution in [2.24, 2.45) is 11.8 Å². The zero-order valence-corrected chi connectivity index (χ0v) is 14.0. The number of hydrogen-bond donors (Lipinski definition) is 1. The number of nitrogens with one attached hydrogen (secondary N) is 1. The Bertz CT molecular complexity index is 805. The first-order chi connectivity index (χ1) is 12.2. The van der Waals surface area contributed by atoms with Gasteiger partial charge in [-0.1, -0.05) is 18.2 Å². The van der Waals surface area contributed by atoms with Crippen molar-refractivity contribution in [3.8, 4) is 6.07 Å². The molecule has 0 amide bonds. The number of rotatable bonds is 5. The Kier molecular flexibility index (Phi) is 5.56. The normalized spacial score (nSPS) is 17.1. The van der Waals surface area contributed by atoms with Crippen molar-refractivity contribution in [2.75, 3.05) is 13.1 Å². The Morgan fingerprint density at radius 1 is 1.36 bits per heavy atom. The quantitative estimate of drug-likeness (QED) is 0.908. The molecule has 3 rings (SSSR count). The molecule has 0 aliphatic carbocycles. The number of likely N-dealkylation sites (tertiary alicyclic amines) is 1. The van der Waals surface area contributed by atoms with E-state index in [2.05, 4.69) is 20.9 Å². The summed E-state index contributed by atoms with van der Waals surface area (Å²) in [5.41, 5.74) is 0.972. The highest BCUT2D eigenvalue weighted by molar-refractivity contribution is 5.19. The van der Waals surface area contributed by atoms with Gasteiger partial charge in [0.15, 0.2) is 0 Å². The summed E-state index contributed by atoms with van der Waals surface area (Å²) in [6, 6.07) is 9.03. The zero-order chi connectivity index (χ0) is 17.6. The second-order valence-electron chi connectivity index (χ2n) is 6.51. The molecule has 1 fully saturated rings. The van der Waals surface area contributed by atoms with Crippen molar-refractivity contribution >= 4 is 0 Å². The average molecular weight is 340 g/mol. The van der Waals surface area contributed by atoms with Gasteiger partial charge >= 0.3 is 0 Å². The lowest BCUT2D eigenvalue weighted by Crippen LogP contribution is -2.37. The zero-order valence-electron chi connectivity index (χ0n) is 14.0. The number of piperidine rings is 1. The molecular formula is C19H21FN4O. The molecule has 130 valence electrons. The van der Waals surface area contributed by atoms with Crippen molar-refractivity contribution in [3.05, 3.63) is 64.1 Å².